The minimum absolute atomic E-state index is 0.0946. The molecule has 5 heteroatoms. The van der Waals surface area contributed by atoms with Gasteiger partial charge in [0.15, 0.2) is 0 Å². The average Bonchev–Trinajstić information content (AvgIpc) is 2.16. The molecule has 1 aliphatic rings. The predicted octanol–water partition coefficient (Wildman–Crippen LogP) is 0.314. The summed E-state index contributed by atoms with van der Waals surface area (Å²) in [6.07, 6.45) is 0. The lowest BCUT2D eigenvalue weighted by Crippen LogP contribution is -2.51. The van der Waals surface area contributed by atoms with Gasteiger partial charge in [0.2, 0.25) is 0 Å². The van der Waals surface area contributed by atoms with Gasteiger partial charge in [-0.2, -0.15) is 0 Å². The van der Waals surface area contributed by atoms with Gasteiger partial charge in [0.1, 0.15) is 5.38 Å². The van der Waals surface area contributed by atoms with E-state index in [1.54, 1.807) is 0 Å². The first-order valence-corrected chi connectivity index (χ1v) is 5.25. The number of carbonyl (C=O) groups is 1. The molecule has 1 heterocycles. The van der Waals surface area contributed by atoms with Gasteiger partial charge in [0.05, 0.1) is 0 Å². The van der Waals surface area contributed by atoms with Gasteiger partial charge in [0.25, 0.3) is 0 Å². The van der Waals surface area contributed by atoms with Gasteiger partial charge in [0, 0.05) is 32.2 Å². The predicted molar refractivity (Wildman–Crippen MR) is 55.8 cm³/mol. The van der Waals surface area contributed by atoms with Gasteiger partial charge in [-0.15, -0.1) is 11.6 Å². The molecule has 2 atom stereocenters. The lowest BCUT2D eigenvalue weighted by Gasteiger charge is -2.37. The first-order valence-electron chi connectivity index (χ1n) is 4.82. The molecule has 0 spiro atoms. The Morgan fingerprint density at radius 1 is 1.36 bits per heavy atom. The number of rotatable bonds is 3. The molecule has 0 radical (unpaired) electrons. The Kier molecular flexibility index (Phi) is 4.16. The SMILES string of the molecule is CC(C(Cl)C(=O)O)N1CCN(C)CC1. The number of likely N-dealkylation sites (N-methyl/N-ethyl adjacent to an activating group) is 1. The van der Waals surface area contributed by atoms with E-state index in [-0.39, 0.29) is 6.04 Å². The van der Waals surface area contributed by atoms with Gasteiger partial charge in [-0.3, -0.25) is 9.69 Å². The molecule has 0 aromatic carbocycles. The molecular formula is C9H17ClN2O2. The molecule has 0 bridgehead atoms. The number of piperazine rings is 1. The number of halogens is 1. The molecule has 82 valence electrons. The molecule has 1 aliphatic heterocycles. The normalized spacial score (nSPS) is 24.5. The summed E-state index contributed by atoms with van der Waals surface area (Å²) < 4.78 is 0. The summed E-state index contributed by atoms with van der Waals surface area (Å²) in [6, 6.07) is -0.0946. The highest BCUT2D eigenvalue weighted by atomic mass is 35.5. The van der Waals surface area contributed by atoms with Crippen molar-refractivity contribution in [1.82, 2.24) is 9.80 Å². The van der Waals surface area contributed by atoms with Crippen molar-refractivity contribution in [3.8, 4) is 0 Å². The Hall–Kier alpha value is -0.320. The van der Waals surface area contributed by atoms with Gasteiger partial charge in [-0.1, -0.05) is 0 Å². The summed E-state index contributed by atoms with van der Waals surface area (Å²) in [7, 11) is 2.07. The molecule has 1 saturated heterocycles. The van der Waals surface area contributed by atoms with E-state index >= 15 is 0 Å². The monoisotopic (exact) mass is 220 g/mol. The van der Waals surface area contributed by atoms with Crippen molar-refractivity contribution in [3.63, 3.8) is 0 Å². The van der Waals surface area contributed by atoms with E-state index in [0.717, 1.165) is 26.2 Å². The van der Waals surface area contributed by atoms with Gasteiger partial charge >= 0.3 is 5.97 Å². The number of aliphatic carboxylic acids is 1. The Labute approximate surface area is 89.4 Å². The zero-order valence-electron chi connectivity index (χ0n) is 8.61. The summed E-state index contributed by atoms with van der Waals surface area (Å²) >= 11 is 5.78. The first-order chi connectivity index (χ1) is 6.52. The lowest BCUT2D eigenvalue weighted by atomic mass is 10.1. The van der Waals surface area contributed by atoms with Crippen LogP contribution in [0.2, 0.25) is 0 Å². The highest BCUT2D eigenvalue weighted by Gasteiger charge is 2.28. The molecule has 0 aromatic heterocycles. The highest BCUT2D eigenvalue weighted by molar-refractivity contribution is 6.30. The molecule has 1 fully saturated rings. The second kappa shape index (κ2) is 4.96. The van der Waals surface area contributed by atoms with Crippen LogP contribution >= 0.6 is 11.6 Å². The van der Waals surface area contributed by atoms with Crippen LogP contribution in [-0.4, -0.2) is 65.5 Å². The number of nitrogens with zero attached hydrogens (tertiary/aromatic N) is 2. The third kappa shape index (κ3) is 2.83. The maximum absolute atomic E-state index is 10.7. The van der Waals surface area contributed by atoms with Crippen LogP contribution in [0, 0.1) is 0 Å². The van der Waals surface area contributed by atoms with E-state index in [4.69, 9.17) is 16.7 Å². The second-order valence-electron chi connectivity index (χ2n) is 3.82. The molecule has 0 amide bonds. The standard InChI is InChI=1S/C9H17ClN2O2/c1-7(8(10)9(13)14)12-5-3-11(2)4-6-12/h7-8H,3-6H2,1-2H3,(H,13,14). The Morgan fingerprint density at radius 2 is 1.86 bits per heavy atom. The molecule has 14 heavy (non-hydrogen) atoms. The van der Waals surface area contributed by atoms with Crippen molar-refractivity contribution in [1.29, 1.82) is 0 Å². The molecule has 2 unspecified atom stereocenters. The molecule has 1 rings (SSSR count). The van der Waals surface area contributed by atoms with E-state index in [1.165, 1.54) is 0 Å². The van der Waals surface area contributed by atoms with E-state index < -0.39 is 11.3 Å². The number of carboxylic acids is 1. The van der Waals surface area contributed by atoms with Gasteiger partial charge in [-0.05, 0) is 14.0 Å². The molecule has 0 aliphatic carbocycles. The highest BCUT2D eigenvalue weighted by Crippen LogP contribution is 2.12. The third-order valence-corrected chi connectivity index (χ3v) is 3.32. The second-order valence-corrected chi connectivity index (χ2v) is 4.29. The minimum atomic E-state index is -0.932. The van der Waals surface area contributed by atoms with Crippen LogP contribution in [0.4, 0.5) is 0 Å². The van der Waals surface area contributed by atoms with Crippen LogP contribution in [0.5, 0.6) is 0 Å². The minimum Gasteiger partial charge on any atom is -0.480 e. The molecule has 4 nitrogen and oxygen atoms in total. The van der Waals surface area contributed by atoms with E-state index in [2.05, 4.69) is 16.8 Å². The van der Waals surface area contributed by atoms with Gasteiger partial charge < -0.3 is 10.0 Å². The van der Waals surface area contributed by atoms with Crippen LogP contribution < -0.4 is 0 Å². The Morgan fingerprint density at radius 3 is 2.29 bits per heavy atom. The fourth-order valence-electron chi connectivity index (χ4n) is 1.62. The van der Waals surface area contributed by atoms with Crippen molar-refractivity contribution in [2.75, 3.05) is 33.2 Å². The summed E-state index contributed by atoms with van der Waals surface area (Å²) in [4.78, 5) is 15.0. The Balaban J connectivity index is 2.45. The van der Waals surface area contributed by atoms with Crippen LogP contribution in [0.15, 0.2) is 0 Å². The van der Waals surface area contributed by atoms with Crippen LogP contribution in [0.1, 0.15) is 6.92 Å². The fraction of sp³-hybridized carbons (Fsp3) is 0.889. The van der Waals surface area contributed by atoms with Gasteiger partial charge in [-0.25, -0.2) is 0 Å². The number of hydrogen-bond acceptors (Lipinski definition) is 3. The van der Waals surface area contributed by atoms with Crippen molar-refractivity contribution < 1.29 is 9.90 Å². The number of hydrogen-bond donors (Lipinski definition) is 1. The van der Waals surface area contributed by atoms with Crippen molar-refractivity contribution in [2.24, 2.45) is 0 Å². The largest absolute Gasteiger partial charge is 0.480 e. The van der Waals surface area contributed by atoms with Crippen LogP contribution in [0.25, 0.3) is 0 Å². The van der Waals surface area contributed by atoms with Crippen LogP contribution in [0.3, 0.4) is 0 Å². The third-order valence-electron chi connectivity index (χ3n) is 2.77. The fourth-order valence-corrected chi connectivity index (χ4v) is 1.78. The maximum atomic E-state index is 10.7. The van der Waals surface area contributed by atoms with Crippen molar-refractivity contribution >= 4 is 17.6 Å². The lowest BCUT2D eigenvalue weighted by molar-refractivity contribution is -0.137. The zero-order chi connectivity index (χ0) is 10.7. The van der Waals surface area contributed by atoms with Crippen molar-refractivity contribution in [2.45, 2.75) is 18.3 Å². The molecule has 0 aromatic rings. The Bertz CT molecular complexity index is 205. The zero-order valence-corrected chi connectivity index (χ0v) is 9.37. The van der Waals surface area contributed by atoms with Crippen LogP contribution in [-0.2, 0) is 4.79 Å². The quantitative estimate of drug-likeness (QED) is 0.696. The average molecular weight is 221 g/mol. The van der Waals surface area contributed by atoms with E-state index in [1.807, 2.05) is 6.92 Å². The smallest absolute Gasteiger partial charge is 0.323 e. The summed E-state index contributed by atoms with van der Waals surface area (Å²) in [6.45, 7) is 5.63. The molecule has 0 saturated carbocycles. The topological polar surface area (TPSA) is 43.8 Å². The van der Waals surface area contributed by atoms with E-state index in [0.29, 0.717) is 0 Å². The summed E-state index contributed by atoms with van der Waals surface area (Å²) in [5.41, 5.74) is 0. The van der Waals surface area contributed by atoms with Crippen molar-refractivity contribution in [3.05, 3.63) is 0 Å². The molecular weight excluding hydrogens is 204 g/mol. The maximum Gasteiger partial charge on any atom is 0.323 e. The number of carboxylic acid groups (broad SMARTS) is 1. The summed E-state index contributed by atoms with van der Waals surface area (Å²) in [5, 5.41) is 7.96. The van der Waals surface area contributed by atoms with E-state index in [9.17, 15) is 4.79 Å². The number of alkyl halides is 1. The molecule has 1 N–H and O–H groups in total. The first kappa shape index (κ1) is 11.8. The summed E-state index contributed by atoms with van der Waals surface area (Å²) in [5.74, 6) is -0.932.